The minimum atomic E-state index is -0.480. The van der Waals surface area contributed by atoms with Gasteiger partial charge in [0.1, 0.15) is 11.3 Å². The van der Waals surface area contributed by atoms with Crippen LogP contribution in [-0.2, 0) is 9.59 Å². The standard InChI is InChI=1S/C20H17ClN2O5S/c1-11-6-20(26)28-15-8-16(13(21)7-12(11)15)27-9-19(25)23-14-4-2-3-5-17(14)29-10-18(22)24/h2-8H,9-10H2,1H3,(H2,22,24)(H,23,25). The molecule has 0 saturated heterocycles. The van der Waals surface area contributed by atoms with E-state index >= 15 is 0 Å². The number of anilines is 1. The number of hydrogen-bond acceptors (Lipinski definition) is 6. The molecule has 1 heterocycles. The van der Waals surface area contributed by atoms with E-state index in [0.717, 1.165) is 5.56 Å². The van der Waals surface area contributed by atoms with E-state index in [4.69, 9.17) is 26.5 Å². The number of hydrogen-bond donors (Lipinski definition) is 2. The van der Waals surface area contributed by atoms with Crippen LogP contribution in [0.2, 0.25) is 5.02 Å². The minimum absolute atomic E-state index is 0.0979. The van der Waals surface area contributed by atoms with E-state index in [1.54, 1.807) is 37.3 Å². The van der Waals surface area contributed by atoms with Gasteiger partial charge in [-0.3, -0.25) is 9.59 Å². The number of amides is 2. The molecule has 3 N–H and O–H groups in total. The number of ether oxygens (including phenoxy) is 1. The van der Waals surface area contributed by atoms with Crippen molar-refractivity contribution in [3.8, 4) is 5.75 Å². The smallest absolute Gasteiger partial charge is 0.336 e. The Bertz CT molecular complexity index is 1150. The molecule has 1 aromatic heterocycles. The molecule has 0 fully saturated rings. The van der Waals surface area contributed by atoms with E-state index in [9.17, 15) is 14.4 Å². The number of carbonyl (C=O) groups excluding carboxylic acids is 2. The fourth-order valence-corrected chi connectivity index (χ4v) is 3.57. The highest BCUT2D eigenvalue weighted by atomic mass is 35.5. The summed E-state index contributed by atoms with van der Waals surface area (Å²) in [6, 6.07) is 11.5. The van der Waals surface area contributed by atoms with Crippen LogP contribution in [-0.4, -0.2) is 24.2 Å². The van der Waals surface area contributed by atoms with Crippen LogP contribution in [0, 0.1) is 6.92 Å². The highest BCUT2D eigenvalue weighted by molar-refractivity contribution is 8.00. The molecule has 0 spiro atoms. The summed E-state index contributed by atoms with van der Waals surface area (Å²) in [5, 5.41) is 3.70. The van der Waals surface area contributed by atoms with Gasteiger partial charge in [0, 0.05) is 22.4 Å². The van der Waals surface area contributed by atoms with Gasteiger partial charge in [-0.15, -0.1) is 11.8 Å². The molecule has 3 aromatic rings. The van der Waals surface area contributed by atoms with Crippen LogP contribution < -0.4 is 21.4 Å². The van der Waals surface area contributed by atoms with Crippen LogP contribution in [0.1, 0.15) is 5.56 Å². The number of rotatable bonds is 7. The lowest BCUT2D eigenvalue weighted by Crippen LogP contribution is -2.21. The maximum absolute atomic E-state index is 12.3. The predicted octanol–water partition coefficient (Wildman–Crippen LogP) is 3.35. The number of thioether (sulfide) groups is 1. The van der Waals surface area contributed by atoms with E-state index in [0.29, 0.717) is 26.6 Å². The lowest BCUT2D eigenvalue weighted by molar-refractivity contribution is -0.118. The van der Waals surface area contributed by atoms with Gasteiger partial charge in [-0.1, -0.05) is 23.7 Å². The van der Waals surface area contributed by atoms with Crippen molar-refractivity contribution in [2.75, 3.05) is 17.7 Å². The summed E-state index contributed by atoms with van der Waals surface area (Å²) in [5.41, 5.74) is 6.28. The normalized spacial score (nSPS) is 10.7. The van der Waals surface area contributed by atoms with Gasteiger partial charge in [0.05, 0.1) is 16.5 Å². The van der Waals surface area contributed by atoms with Crippen molar-refractivity contribution in [2.45, 2.75) is 11.8 Å². The highest BCUT2D eigenvalue weighted by Gasteiger charge is 2.12. The summed E-state index contributed by atoms with van der Waals surface area (Å²) in [6.07, 6.45) is 0. The first kappa shape index (κ1) is 20.8. The summed E-state index contributed by atoms with van der Waals surface area (Å²) in [6.45, 7) is 1.47. The number of fused-ring (bicyclic) bond motifs is 1. The van der Waals surface area contributed by atoms with Crippen LogP contribution in [0.25, 0.3) is 11.0 Å². The third-order valence-corrected chi connectivity index (χ3v) is 5.28. The third kappa shape index (κ3) is 5.30. The number of benzene rings is 2. The number of primary amides is 1. The van der Waals surface area contributed by atoms with Crippen molar-refractivity contribution < 1.29 is 18.7 Å². The van der Waals surface area contributed by atoms with Crippen molar-refractivity contribution in [3.05, 3.63) is 63.5 Å². The number of para-hydroxylation sites is 1. The van der Waals surface area contributed by atoms with Crippen molar-refractivity contribution in [1.82, 2.24) is 0 Å². The Morgan fingerprint density at radius 2 is 2.00 bits per heavy atom. The molecule has 3 rings (SSSR count). The maximum atomic E-state index is 12.3. The summed E-state index contributed by atoms with van der Waals surface area (Å²) in [4.78, 5) is 35.6. The van der Waals surface area contributed by atoms with Gasteiger partial charge >= 0.3 is 5.63 Å². The molecule has 0 aliphatic rings. The second-order valence-corrected chi connectivity index (χ2v) is 7.54. The molecular formula is C20H17ClN2O5S. The molecule has 0 radical (unpaired) electrons. The molecule has 0 atom stereocenters. The fraction of sp³-hybridized carbons (Fsp3) is 0.150. The first-order chi connectivity index (χ1) is 13.8. The molecule has 9 heteroatoms. The minimum Gasteiger partial charge on any atom is -0.482 e. The Hall–Kier alpha value is -2.97. The molecule has 150 valence electrons. The second-order valence-electron chi connectivity index (χ2n) is 6.12. The van der Waals surface area contributed by atoms with Crippen LogP contribution >= 0.6 is 23.4 Å². The Morgan fingerprint density at radius 3 is 2.76 bits per heavy atom. The van der Waals surface area contributed by atoms with E-state index in [-0.39, 0.29) is 18.1 Å². The highest BCUT2D eigenvalue weighted by Crippen LogP contribution is 2.31. The van der Waals surface area contributed by atoms with Gasteiger partial charge in [0.25, 0.3) is 5.91 Å². The second kappa shape index (κ2) is 9.02. The average Bonchev–Trinajstić information content (AvgIpc) is 2.66. The number of aryl methyl sites for hydroxylation is 1. The van der Waals surface area contributed by atoms with Gasteiger partial charge < -0.3 is 20.2 Å². The average molecular weight is 433 g/mol. The number of nitrogens with one attached hydrogen (secondary N) is 1. The summed E-state index contributed by atoms with van der Waals surface area (Å²) in [7, 11) is 0. The van der Waals surface area contributed by atoms with Gasteiger partial charge in [-0.05, 0) is 30.7 Å². The van der Waals surface area contributed by atoms with Gasteiger partial charge in [-0.25, -0.2) is 4.79 Å². The van der Waals surface area contributed by atoms with Gasteiger partial charge in [0.2, 0.25) is 5.91 Å². The SMILES string of the molecule is Cc1cc(=O)oc2cc(OCC(=O)Nc3ccccc3SCC(N)=O)c(Cl)cc12. The number of halogens is 1. The first-order valence-electron chi connectivity index (χ1n) is 8.50. The Kier molecular flexibility index (Phi) is 6.46. The van der Waals surface area contributed by atoms with Crippen LogP contribution in [0.15, 0.2) is 56.6 Å². The zero-order chi connectivity index (χ0) is 21.0. The molecule has 0 aliphatic heterocycles. The molecule has 7 nitrogen and oxygen atoms in total. The molecule has 2 amide bonds. The Balaban J connectivity index is 1.71. The summed E-state index contributed by atoms with van der Waals surface area (Å²) < 4.78 is 10.7. The summed E-state index contributed by atoms with van der Waals surface area (Å²) in [5.74, 6) is -0.550. The number of carbonyl (C=O) groups is 2. The van der Waals surface area contributed by atoms with Crippen molar-refractivity contribution in [3.63, 3.8) is 0 Å². The van der Waals surface area contributed by atoms with Gasteiger partial charge in [0.15, 0.2) is 6.61 Å². The monoisotopic (exact) mass is 432 g/mol. The van der Waals surface area contributed by atoms with E-state index in [1.165, 1.54) is 23.9 Å². The van der Waals surface area contributed by atoms with Gasteiger partial charge in [-0.2, -0.15) is 0 Å². The van der Waals surface area contributed by atoms with Crippen molar-refractivity contribution in [1.29, 1.82) is 0 Å². The lowest BCUT2D eigenvalue weighted by atomic mass is 10.1. The van der Waals surface area contributed by atoms with Crippen molar-refractivity contribution in [2.24, 2.45) is 5.73 Å². The molecule has 0 bridgehead atoms. The molecule has 0 unspecified atom stereocenters. The van der Waals surface area contributed by atoms with Crippen molar-refractivity contribution >= 4 is 51.8 Å². The fourth-order valence-electron chi connectivity index (χ4n) is 2.60. The maximum Gasteiger partial charge on any atom is 0.336 e. The van der Waals surface area contributed by atoms with Crippen LogP contribution in [0.4, 0.5) is 5.69 Å². The largest absolute Gasteiger partial charge is 0.482 e. The molecular weight excluding hydrogens is 416 g/mol. The molecule has 2 aromatic carbocycles. The van der Waals surface area contributed by atoms with Crippen LogP contribution in [0.5, 0.6) is 5.75 Å². The molecule has 0 saturated carbocycles. The Morgan fingerprint density at radius 1 is 1.24 bits per heavy atom. The quantitative estimate of drug-likeness (QED) is 0.437. The molecule has 0 aliphatic carbocycles. The Labute approximate surface area is 175 Å². The third-order valence-electron chi connectivity index (χ3n) is 3.89. The lowest BCUT2D eigenvalue weighted by Gasteiger charge is -2.12. The zero-order valence-electron chi connectivity index (χ0n) is 15.4. The molecule has 29 heavy (non-hydrogen) atoms. The van der Waals surface area contributed by atoms with E-state index < -0.39 is 17.4 Å². The van der Waals surface area contributed by atoms with E-state index in [2.05, 4.69) is 5.32 Å². The van der Waals surface area contributed by atoms with E-state index in [1.807, 2.05) is 0 Å². The predicted molar refractivity (Wildman–Crippen MR) is 113 cm³/mol. The first-order valence-corrected chi connectivity index (χ1v) is 9.86. The summed E-state index contributed by atoms with van der Waals surface area (Å²) >= 11 is 7.46. The van der Waals surface area contributed by atoms with Crippen LogP contribution in [0.3, 0.4) is 0 Å². The number of nitrogens with two attached hydrogens (primary N) is 1. The topological polar surface area (TPSA) is 112 Å². The zero-order valence-corrected chi connectivity index (χ0v) is 16.9.